The van der Waals surface area contributed by atoms with Crippen LogP contribution in [0.25, 0.3) is 11.1 Å². The summed E-state index contributed by atoms with van der Waals surface area (Å²) in [6.07, 6.45) is -0.265. The second-order valence-corrected chi connectivity index (χ2v) is 8.84. The maximum Gasteiger partial charge on any atom is 0.341 e. The summed E-state index contributed by atoms with van der Waals surface area (Å²) in [4.78, 5) is 62.2. The zero-order valence-electron chi connectivity index (χ0n) is 19.4. The van der Waals surface area contributed by atoms with Crippen molar-refractivity contribution in [2.45, 2.75) is 20.3 Å². The lowest BCUT2D eigenvalue weighted by Crippen LogP contribution is -2.33. The van der Waals surface area contributed by atoms with Crippen LogP contribution in [0.5, 0.6) is 0 Å². The Balaban J connectivity index is 1.51. The molecule has 10 nitrogen and oxygen atoms in total. The Morgan fingerprint density at radius 2 is 1.81 bits per heavy atom. The van der Waals surface area contributed by atoms with E-state index in [1.54, 1.807) is 12.3 Å². The first-order valence-corrected chi connectivity index (χ1v) is 11.9. The van der Waals surface area contributed by atoms with Crippen LogP contribution in [0.3, 0.4) is 0 Å². The molecule has 4 rings (SSSR count). The van der Waals surface area contributed by atoms with Crippen LogP contribution in [0.4, 0.5) is 10.7 Å². The first-order valence-electron chi connectivity index (χ1n) is 11.0. The van der Waals surface area contributed by atoms with Crippen molar-refractivity contribution in [1.82, 2.24) is 4.90 Å². The number of rotatable bonds is 8. The van der Waals surface area contributed by atoms with Crippen LogP contribution in [-0.4, -0.2) is 46.7 Å². The smallest absolute Gasteiger partial charge is 0.341 e. The van der Waals surface area contributed by atoms with Gasteiger partial charge in [0.15, 0.2) is 0 Å². The molecule has 184 valence electrons. The summed E-state index contributed by atoms with van der Waals surface area (Å²) >= 11 is 1.16. The zero-order chi connectivity index (χ0) is 26.0. The molecule has 0 atom stereocenters. The number of amides is 3. The predicted octanol–water partition coefficient (Wildman–Crippen LogP) is 4.43. The van der Waals surface area contributed by atoms with Gasteiger partial charge in [0.2, 0.25) is 5.91 Å². The normalized spacial score (nSPS) is 12.4. The molecule has 1 N–H and O–H groups in total. The van der Waals surface area contributed by atoms with Gasteiger partial charge in [0, 0.05) is 30.0 Å². The van der Waals surface area contributed by atoms with Gasteiger partial charge in [-0.1, -0.05) is 35.9 Å². The lowest BCUT2D eigenvalue weighted by Gasteiger charge is -2.13. The molecule has 1 aliphatic rings. The third-order valence-electron chi connectivity index (χ3n) is 5.62. The highest BCUT2D eigenvalue weighted by Gasteiger charge is 2.40. The van der Waals surface area contributed by atoms with Crippen LogP contribution in [-0.2, 0) is 9.53 Å². The third kappa shape index (κ3) is 4.60. The number of hydrogen-bond donors (Lipinski definition) is 1. The van der Waals surface area contributed by atoms with Crippen molar-refractivity contribution >= 4 is 45.7 Å². The molecule has 0 saturated heterocycles. The molecule has 0 unspecified atom stereocenters. The highest BCUT2D eigenvalue weighted by molar-refractivity contribution is 7.15. The van der Waals surface area contributed by atoms with Crippen LogP contribution in [0.15, 0.2) is 47.8 Å². The van der Waals surface area contributed by atoms with E-state index in [2.05, 4.69) is 5.32 Å². The third-order valence-corrected chi connectivity index (χ3v) is 6.52. The number of nitrogens with zero attached hydrogens (tertiary/aromatic N) is 2. The van der Waals surface area contributed by atoms with Gasteiger partial charge in [-0.25, -0.2) is 4.79 Å². The number of esters is 1. The van der Waals surface area contributed by atoms with E-state index < -0.39 is 34.3 Å². The fourth-order valence-corrected chi connectivity index (χ4v) is 4.85. The Kier molecular flexibility index (Phi) is 6.93. The van der Waals surface area contributed by atoms with Crippen LogP contribution < -0.4 is 5.32 Å². The second-order valence-electron chi connectivity index (χ2n) is 7.96. The largest absolute Gasteiger partial charge is 0.462 e. The Morgan fingerprint density at radius 3 is 2.47 bits per heavy atom. The van der Waals surface area contributed by atoms with E-state index in [-0.39, 0.29) is 41.3 Å². The van der Waals surface area contributed by atoms with Gasteiger partial charge in [0.25, 0.3) is 17.5 Å². The Labute approximate surface area is 209 Å². The molecular formula is C25H21N3O7S. The number of aryl methyl sites for hydroxylation is 1. The summed E-state index contributed by atoms with van der Waals surface area (Å²) in [6, 6.07) is 11.4. The number of nitrogens with one attached hydrogen (secondary N) is 1. The van der Waals surface area contributed by atoms with Crippen LogP contribution >= 0.6 is 11.3 Å². The number of carbonyl (C=O) groups excluding carboxylic acids is 4. The lowest BCUT2D eigenvalue weighted by atomic mass is 10.0. The first kappa shape index (κ1) is 24.7. The average Bonchev–Trinajstić information content (AvgIpc) is 3.37. The van der Waals surface area contributed by atoms with Crippen molar-refractivity contribution in [3.8, 4) is 11.1 Å². The molecule has 2 aromatic carbocycles. The standard InChI is InChI=1S/C25H21N3O7S/c1-3-35-25(32)21-17(15-9-7-14(2)8-10-15)13-36-22(21)26-19(29)11-12-27-23(30)16-5-4-6-18(28(33)34)20(16)24(27)31/h4-10,13H,3,11-12H2,1-2H3,(H,26,29). The van der Waals surface area contributed by atoms with Gasteiger partial charge in [0.1, 0.15) is 16.1 Å². The van der Waals surface area contributed by atoms with Crippen molar-refractivity contribution in [3.63, 3.8) is 0 Å². The number of fused-ring (bicyclic) bond motifs is 1. The number of thiophene rings is 1. The molecular weight excluding hydrogens is 486 g/mol. The van der Waals surface area contributed by atoms with Gasteiger partial charge < -0.3 is 10.1 Å². The quantitative estimate of drug-likeness (QED) is 0.206. The number of ether oxygens (including phenoxy) is 1. The highest BCUT2D eigenvalue weighted by Crippen LogP contribution is 2.37. The van der Waals surface area contributed by atoms with Gasteiger partial charge in [-0.05, 0) is 25.5 Å². The van der Waals surface area contributed by atoms with Crippen molar-refractivity contribution in [2.24, 2.45) is 0 Å². The zero-order valence-corrected chi connectivity index (χ0v) is 20.2. The maximum atomic E-state index is 12.7. The van der Waals surface area contributed by atoms with Gasteiger partial charge >= 0.3 is 5.97 Å². The summed E-state index contributed by atoms with van der Waals surface area (Å²) in [7, 11) is 0. The SMILES string of the molecule is CCOC(=O)c1c(-c2ccc(C)cc2)csc1NC(=O)CCN1C(=O)c2cccc([N+](=O)[O-])c2C1=O. The average molecular weight is 508 g/mol. The molecule has 3 aromatic rings. The van der Waals surface area contributed by atoms with Gasteiger partial charge in [0.05, 0.1) is 17.1 Å². The van der Waals surface area contributed by atoms with E-state index in [4.69, 9.17) is 4.74 Å². The molecule has 1 aliphatic heterocycles. The number of benzene rings is 2. The van der Waals surface area contributed by atoms with Crippen LogP contribution in [0.2, 0.25) is 0 Å². The highest BCUT2D eigenvalue weighted by atomic mass is 32.1. The minimum Gasteiger partial charge on any atom is -0.462 e. The number of anilines is 1. The Morgan fingerprint density at radius 1 is 1.08 bits per heavy atom. The molecule has 0 radical (unpaired) electrons. The second kappa shape index (κ2) is 10.1. The lowest BCUT2D eigenvalue weighted by molar-refractivity contribution is -0.385. The minimum absolute atomic E-state index is 0.0693. The van der Waals surface area contributed by atoms with Crippen molar-refractivity contribution in [1.29, 1.82) is 0 Å². The van der Waals surface area contributed by atoms with E-state index in [1.165, 1.54) is 12.1 Å². The summed E-state index contributed by atoms with van der Waals surface area (Å²) in [5.74, 6) is -2.64. The Bertz CT molecular complexity index is 1400. The van der Waals surface area contributed by atoms with Gasteiger partial charge in [-0.3, -0.25) is 29.4 Å². The molecule has 0 aliphatic carbocycles. The van der Waals surface area contributed by atoms with Crippen molar-refractivity contribution in [3.05, 3.63) is 80.2 Å². The van der Waals surface area contributed by atoms with Crippen molar-refractivity contribution in [2.75, 3.05) is 18.5 Å². The van der Waals surface area contributed by atoms with Crippen molar-refractivity contribution < 1.29 is 28.8 Å². The minimum atomic E-state index is -0.819. The monoisotopic (exact) mass is 507 g/mol. The van der Waals surface area contributed by atoms with E-state index in [9.17, 15) is 29.3 Å². The molecule has 0 saturated carbocycles. The van der Waals surface area contributed by atoms with E-state index >= 15 is 0 Å². The molecule has 11 heteroatoms. The van der Waals surface area contributed by atoms with Crippen LogP contribution in [0, 0.1) is 17.0 Å². The van der Waals surface area contributed by atoms with Crippen LogP contribution in [0.1, 0.15) is 50.0 Å². The maximum absolute atomic E-state index is 12.7. The van der Waals surface area contributed by atoms with Gasteiger partial charge in [-0.2, -0.15) is 0 Å². The number of hydrogen-bond acceptors (Lipinski definition) is 8. The number of nitro benzene ring substituents is 1. The molecule has 0 fully saturated rings. The molecule has 0 bridgehead atoms. The van der Waals surface area contributed by atoms with Gasteiger partial charge in [-0.15, -0.1) is 11.3 Å². The Hall–Kier alpha value is -4.38. The summed E-state index contributed by atoms with van der Waals surface area (Å²) < 4.78 is 5.19. The topological polar surface area (TPSA) is 136 Å². The molecule has 1 aromatic heterocycles. The van der Waals surface area contributed by atoms with E-state index in [0.717, 1.165) is 33.4 Å². The number of carbonyl (C=O) groups is 4. The fraction of sp³-hybridized carbons (Fsp3) is 0.200. The molecule has 0 spiro atoms. The summed E-state index contributed by atoms with van der Waals surface area (Å²) in [6.45, 7) is 3.50. The van der Waals surface area contributed by atoms with E-state index in [0.29, 0.717) is 5.56 Å². The number of nitro groups is 1. The number of imide groups is 1. The summed E-state index contributed by atoms with van der Waals surface area (Å²) in [5, 5.41) is 16.0. The summed E-state index contributed by atoms with van der Waals surface area (Å²) in [5.41, 5.74) is 1.86. The predicted molar refractivity (Wildman–Crippen MR) is 132 cm³/mol. The fourth-order valence-electron chi connectivity index (χ4n) is 3.87. The first-order chi connectivity index (χ1) is 17.2. The van der Waals surface area contributed by atoms with E-state index in [1.807, 2.05) is 31.2 Å². The molecule has 36 heavy (non-hydrogen) atoms. The molecule has 3 amide bonds. The molecule has 2 heterocycles.